The van der Waals surface area contributed by atoms with E-state index >= 15 is 0 Å². The summed E-state index contributed by atoms with van der Waals surface area (Å²) in [5.41, 5.74) is 1.02. The number of carbonyl (C=O) groups is 1. The summed E-state index contributed by atoms with van der Waals surface area (Å²) in [4.78, 5) is 14.4. The fourth-order valence-corrected chi connectivity index (χ4v) is 2.85. The fraction of sp³-hybridized carbons (Fsp3) is 0.263. The maximum Gasteiger partial charge on any atom is 0.416 e. The van der Waals surface area contributed by atoms with Gasteiger partial charge >= 0.3 is 6.18 Å². The Morgan fingerprint density at radius 1 is 1.17 bits per heavy atom. The quantitative estimate of drug-likeness (QED) is 0.684. The van der Waals surface area contributed by atoms with E-state index in [1.54, 1.807) is 38.4 Å². The number of likely N-dealkylation sites (N-methyl/N-ethyl adjacent to an activating group) is 1. The summed E-state index contributed by atoms with van der Waals surface area (Å²) >= 11 is 0. The predicted octanol–water partition coefficient (Wildman–Crippen LogP) is 2.71. The Balaban J connectivity index is 1.71. The van der Waals surface area contributed by atoms with Crippen LogP contribution in [0.2, 0.25) is 0 Å². The maximum absolute atomic E-state index is 12.8. The first-order chi connectivity index (χ1) is 13.8. The molecule has 2 aromatic carbocycles. The van der Waals surface area contributed by atoms with E-state index in [4.69, 9.17) is 0 Å². The van der Waals surface area contributed by atoms with Crippen LogP contribution in [0, 0.1) is 0 Å². The normalized spacial score (nSPS) is 12.8. The highest BCUT2D eigenvalue weighted by Crippen LogP contribution is 2.30. The van der Waals surface area contributed by atoms with Crippen molar-refractivity contribution in [1.82, 2.24) is 30.4 Å². The van der Waals surface area contributed by atoms with Crippen LogP contribution >= 0.6 is 0 Å². The van der Waals surface area contributed by atoms with Crippen molar-refractivity contribution >= 4 is 5.91 Å². The third-order valence-corrected chi connectivity index (χ3v) is 4.42. The van der Waals surface area contributed by atoms with Gasteiger partial charge < -0.3 is 10.2 Å². The average molecular weight is 404 g/mol. The number of alkyl halides is 3. The molecule has 1 heterocycles. The Hall–Kier alpha value is -3.27. The van der Waals surface area contributed by atoms with E-state index in [0.717, 1.165) is 12.1 Å². The van der Waals surface area contributed by atoms with E-state index in [-0.39, 0.29) is 18.5 Å². The monoisotopic (exact) mass is 404 g/mol. The van der Waals surface area contributed by atoms with Crippen LogP contribution in [0.3, 0.4) is 0 Å². The molecule has 0 saturated heterocycles. The average Bonchev–Trinajstić information content (AvgIpc) is 3.22. The van der Waals surface area contributed by atoms with E-state index in [2.05, 4.69) is 20.8 Å². The minimum absolute atomic E-state index is 0.228. The molecule has 29 heavy (non-hydrogen) atoms. The molecule has 3 aromatic rings. The van der Waals surface area contributed by atoms with Crippen molar-refractivity contribution in [1.29, 1.82) is 0 Å². The van der Waals surface area contributed by atoms with Gasteiger partial charge in [-0.1, -0.05) is 18.2 Å². The molecule has 7 nitrogen and oxygen atoms in total. The molecular weight excluding hydrogens is 385 g/mol. The second-order valence-corrected chi connectivity index (χ2v) is 6.61. The number of tetrazole rings is 1. The Labute approximate surface area is 165 Å². The number of rotatable bonds is 6. The van der Waals surface area contributed by atoms with E-state index in [0.29, 0.717) is 16.8 Å². The van der Waals surface area contributed by atoms with Crippen molar-refractivity contribution in [3.63, 3.8) is 0 Å². The zero-order valence-corrected chi connectivity index (χ0v) is 15.8. The van der Waals surface area contributed by atoms with E-state index in [1.807, 2.05) is 4.90 Å². The van der Waals surface area contributed by atoms with Crippen molar-refractivity contribution in [2.75, 3.05) is 20.6 Å². The van der Waals surface area contributed by atoms with Gasteiger partial charge in [0.1, 0.15) is 6.33 Å². The topological polar surface area (TPSA) is 75.9 Å². The first-order valence-corrected chi connectivity index (χ1v) is 8.71. The van der Waals surface area contributed by atoms with Gasteiger partial charge in [0.25, 0.3) is 5.91 Å². The molecule has 152 valence electrons. The molecule has 0 spiro atoms. The molecule has 0 saturated carbocycles. The SMILES string of the molecule is CN(C)[C@@H](CNC(=O)c1cccc(-n2cnnn2)c1)c1ccc(C(F)(F)F)cc1. The Morgan fingerprint density at radius 2 is 1.90 bits per heavy atom. The van der Waals surface area contributed by atoms with Crippen LogP contribution in [0.4, 0.5) is 13.2 Å². The molecule has 0 unspecified atom stereocenters. The van der Waals surface area contributed by atoms with Gasteiger partial charge in [0, 0.05) is 12.1 Å². The molecule has 0 bridgehead atoms. The van der Waals surface area contributed by atoms with Crippen LogP contribution in [-0.4, -0.2) is 51.7 Å². The molecule has 0 radical (unpaired) electrons. The third kappa shape index (κ3) is 4.96. The van der Waals surface area contributed by atoms with E-state index < -0.39 is 11.7 Å². The second-order valence-electron chi connectivity index (χ2n) is 6.61. The van der Waals surface area contributed by atoms with E-state index in [9.17, 15) is 18.0 Å². The summed E-state index contributed by atoms with van der Waals surface area (Å²) in [6, 6.07) is 11.4. The summed E-state index contributed by atoms with van der Waals surface area (Å²) in [5, 5.41) is 13.7. The lowest BCUT2D eigenvalue weighted by molar-refractivity contribution is -0.137. The fourth-order valence-electron chi connectivity index (χ4n) is 2.85. The highest BCUT2D eigenvalue weighted by molar-refractivity contribution is 5.94. The van der Waals surface area contributed by atoms with Gasteiger partial charge in [-0.05, 0) is 60.4 Å². The Kier molecular flexibility index (Phi) is 5.92. The summed E-state index contributed by atoms with van der Waals surface area (Å²) in [7, 11) is 3.60. The number of nitrogens with zero attached hydrogens (tertiary/aromatic N) is 5. The summed E-state index contributed by atoms with van der Waals surface area (Å²) in [5.74, 6) is -0.307. The first kappa shape index (κ1) is 20.5. The molecule has 0 aliphatic rings. The largest absolute Gasteiger partial charge is 0.416 e. The van der Waals surface area contributed by atoms with Gasteiger partial charge in [-0.15, -0.1) is 5.10 Å². The summed E-state index contributed by atoms with van der Waals surface area (Å²) in [6.07, 6.45) is -2.96. The van der Waals surface area contributed by atoms with Gasteiger partial charge in [-0.3, -0.25) is 4.79 Å². The van der Waals surface area contributed by atoms with Crippen LogP contribution in [0.25, 0.3) is 5.69 Å². The molecule has 1 N–H and O–H groups in total. The van der Waals surface area contributed by atoms with Crippen LogP contribution < -0.4 is 5.32 Å². The minimum atomic E-state index is -4.38. The molecule has 1 aromatic heterocycles. The standard InChI is InChI=1S/C19H19F3N6O/c1-27(2)17(13-6-8-15(9-7-13)19(20,21)22)11-23-18(29)14-4-3-5-16(10-14)28-12-24-25-26-28/h3-10,12,17H,11H2,1-2H3,(H,23,29)/t17-/m0/s1. The second kappa shape index (κ2) is 8.39. The molecule has 0 fully saturated rings. The molecule has 3 rings (SSSR count). The molecule has 1 amide bonds. The van der Waals surface area contributed by atoms with Crippen molar-refractivity contribution in [2.45, 2.75) is 12.2 Å². The van der Waals surface area contributed by atoms with Crippen LogP contribution in [0.15, 0.2) is 54.9 Å². The minimum Gasteiger partial charge on any atom is -0.350 e. The number of aromatic nitrogens is 4. The van der Waals surface area contributed by atoms with Crippen LogP contribution in [0.1, 0.15) is 27.5 Å². The molecule has 10 heteroatoms. The zero-order chi connectivity index (χ0) is 21.0. The van der Waals surface area contributed by atoms with Gasteiger partial charge in [-0.25, -0.2) is 4.68 Å². The van der Waals surface area contributed by atoms with Crippen LogP contribution in [0.5, 0.6) is 0 Å². The smallest absolute Gasteiger partial charge is 0.350 e. The maximum atomic E-state index is 12.8. The molecule has 1 atom stereocenters. The Bertz CT molecular complexity index is 955. The lowest BCUT2D eigenvalue weighted by atomic mass is 10.0. The first-order valence-electron chi connectivity index (χ1n) is 8.71. The van der Waals surface area contributed by atoms with Crippen molar-refractivity contribution in [2.24, 2.45) is 0 Å². The summed E-state index contributed by atoms with van der Waals surface area (Å²) < 4.78 is 39.8. The van der Waals surface area contributed by atoms with Gasteiger partial charge in [0.2, 0.25) is 0 Å². The molecule has 0 aliphatic heterocycles. The van der Waals surface area contributed by atoms with Crippen molar-refractivity contribution < 1.29 is 18.0 Å². The lowest BCUT2D eigenvalue weighted by Crippen LogP contribution is -2.34. The number of hydrogen-bond donors (Lipinski definition) is 1. The van der Waals surface area contributed by atoms with E-state index in [1.165, 1.54) is 23.1 Å². The predicted molar refractivity (Wildman–Crippen MR) is 99.4 cm³/mol. The number of hydrogen-bond acceptors (Lipinski definition) is 5. The number of amides is 1. The highest BCUT2D eigenvalue weighted by atomic mass is 19.4. The Morgan fingerprint density at radius 3 is 2.48 bits per heavy atom. The number of halogens is 3. The zero-order valence-electron chi connectivity index (χ0n) is 15.8. The van der Waals surface area contributed by atoms with Crippen molar-refractivity contribution in [3.8, 4) is 5.69 Å². The van der Waals surface area contributed by atoms with Crippen LogP contribution in [-0.2, 0) is 6.18 Å². The van der Waals surface area contributed by atoms with Gasteiger partial charge in [-0.2, -0.15) is 13.2 Å². The highest BCUT2D eigenvalue weighted by Gasteiger charge is 2.30. The van der Waals surface area contributed by atoms with Gasteiger partial charge in [0.05, 0.1) is 17.3 Å². The number of carbonyl (C=O) groups excluding carboxylic acids is 1. The van der Waals surface area contributed by atoms with Crippen molar-refractivity contribution in [3.05, 3.63) is 71.5 Å². The molecular formula is C19H19F3N6O. The number of benzene rings is 2. The third-order valence-electron chi connectivity index (χ3n) is 4.42. The van der Waals surface area contributed by atoms with Gasteiger partial charge in [0.15, 0.2) is 0 Å². The number of nitrogens with one attached hydrogen (secondary N) is 1. The summed E-state index contributed by atoms with van der Waals surface area (Å²) in [6.45, 7) is 0.228. The molecule has 0 aliphatic carbocycles. The lowest BCUT2D eigenvalue weighted by Gasteiger charge is -2.25.